The summed E-state index contributed by atoms with van der Waals surface area (Å²) < 4.78 is 13.5. The van der Waals surface area contributed by atoms with Gasteiger partial charge in [-0.05, 0) is 30.2 Å². The van der Waals surface area contributed by atoms with E-state index in [4.69, 9.17) is 0 Å². The quantitative estimate of drug-likeness (QED) is 0.766. The lowest BCUT2D eigenvalue weighted by molar-refractivity contribution is 0.637. The maximum Gasteiger partial charge on any atom is 0.151 e. The van der Waals surface area contributed by atoms with Crippen LogP contribution in [0.15, 0.2) is 42.7 Å². The van der Waals surface area contributed by atoms with Gasteiger partial charge in [0.2, 0.25) is 0 Å². The molecule has 0 fully saturated rings. The highest BCUT2D eigenvalue weighted by molar-refractivity contribution is 5.75. The van der Waals surface area contributed by atoms with Crippen LogP contribution in [0.4, 0.5) is 4.39 Å². The summed E-state index contributed by atoms with van der Waals surface area (Å²) in [5.74, 6) is 0.523. The Morgan fingerprint density at radius 3 is 2.83 bits per heavy atom. The van der Waals surface area contributed by atoms with Gasteiger partial charge >= 0.3 is 0 Å². The van der Waals surface area contributed by atoms with E-state index in [1.165, 1.54) is 6.07 Å². The molecule has 3 rings (SSSR count). The van der Waals surface area contributed by atoms with Crippen LogP contribution in [-0.4, -0.2) is 15.0 Å². The van der Waals surface area contributed by atoms with Gasteiger partial charge < -0.3 is 4.98 Å². The van der Waals surface area contributed by atoms with Crippen LogP contribution in [0.2, 0.25) is 0 Å². The number of halogens is 1. The molecule has 0 atom stereocenters. The number of hydrogen-bond donors (Lipinski definition) is 1. The number of pyridine rings is 1. The molecule has 2 heterocycles. The summed E-state index contributed by atoms with van der Waals surface area (Å²) >= 11 is 0. The average molecular weight is 241 g/mol. The molecular formula is C14H12FN3. The van der Waals surface area contributed by atoms with Crippen LogP contribution in [0.5, 0.6) is 0 Å². The summed E-state index contributed by atoms with van der Waals surface area (Å²) in [4.78, 5) is 11.5. The maximum absolute atomic E-state index is 13.5. The van der Waals surface area contributed by atoms with Crippen molar-refractivity contribution in [2.24, 2.45) is 0 Å². The molecule has 1 aromatic carbocycles. The van der Waals surface area contributed by atoms with Crippen molar-refractivity contribution in [2.75, 3.05) is 0 Å². The normalized spacial score (nSPS) is 10.9. The van der Waals surface area contributed by atoms with E-state index in [0.717, 1.165) is 29.7 Å². The van der Waals surface area contributed by atoms with Gasteiger partial charge in [0.1, 0.15) is 11.3 Å². The highest BCUT2D eigenvalue weighted by atomic mass is 19.1. The zero-order valence-corrected chi connectivity index (χ0v) is 9.73. The minimum atomic E-state index is -0.281. The predicted octanol–water partition coefficient (Wildman–Crippen LogP) is 2.88. The third kappa shape index (κ3) is 2.09. The molecule has 3 nitrogen and oxygen atoms in total. The molecule has 0 spiro atoms. The zero-order chi connectivity index (χ0) is 12.4. The molecule has 0 aliphatic heterocycles. The fraction of sp³-hybridized carbons (Fsp3) is 0.143. The SMILES string of the molecule is Fc1cccc2[nH]c(CCc3cccnc3)nc12. The minimum Gasteiger partial charge on any atom is -0.342 e. The monoisotopic (exact) mass is 241 g/mol. The maximum atomic E-state index is 13.5. The molecule has 18 heavy (non-hydrogen) atoms. The first-order valence-electron chi connectivity index (χ1n) is 5.85. The van der Waals surface area contributed by atoms with Crippen LogP contribution in [0.3, 0.4) is 0 Å². The molecule has 0 saturated heterocycles. The molecule has 90 valence electrons. The molecule has 3 aromatic rings. The van der Waals surface area contributed by atoms with E-state index in [9.17, 15) is 4.39 Å². The first kappa shape index (κ1) is 10.9. The highest BCUT2D eigenvalue weighted by Gasteiger charge is 2.06. The van der Waals surface area contributed by atoms with E-state index in [0.29, 0.717) is 5.52 Å². The van der Waals surface area contributed by atoms with Gasteiger partial charge in [0.05, 0.1) is 5.52 Å². The fourth-order valence-electron chi connectivity index (χ4n) is 1.98. The molecule has 1 N–H and O–H groups in total. The van der Waals surface area contributed by atoms with Crippen molar-refractivity contribution in [3.05, 3.63) is 59.9 Å². The number of nitrogens with zero attached hydrogens (tertiary/aromatic N) is 2. The van der Waals surface area contributed by atoms with E-state index < -0.39 is 0 Å². The second-order valence-corrected chi connectivity index (χ2v) is 4.18. The van der Waals surface area contributed by atoms with Crippen LogP contribution in [0, 0.1) is 5.82 Å². The second kappa shape index (κ2) is 4.56. The number of aromatic nitrogens is 3. The molecule has 0 radical (unpaired) electrons. The van der Waals surface area contributed by atoms with Gasteiger partial charge in [-0.25, -0.2) is 9.37 Å². The van der Waals surface area contributed by atoms with Crippen molar-refractivity contribution in [1.29, 1.82) is 0 Å². The Morgan fingerprint density at radius 2 is 2.06 bits per heavy atom. The van der Waals surface area contributed by atoms with Gasteiger partial charge in [-0.1, -0.05) is 12.1 Å². The Morgan fingerprint density at radius 1 is 1.11 bits per heavy atom. The number of hydrogen-bond acceptors (Lipinski definition) is 2. The highest BCUT2D eigenvalue weighted by Crippen LogP contribution is 2.15. The molecule has 0 aliphatic carbocycles. The van der Waals surface area contributed by atoms with Gasteiger partial charge in [0.25, 0.3) is 0 Å². The number of H-pyrrole nitrogens is 1. The van der Waals surface area contributed by atoms with Gasteiger partial charge in [-0.2, -0.15) is 0 Å². The summed E-state index contributed by atoms with van der Waals surface area (Å²) in [5.41, 5.74) is 2.31. The minimum absolute atomic E-state index is 0.281. The number of fused-ring (bicyclic) bond motifs is 1. The lowest BCUT2D eigenvalue weighted by Gasteiger charge is -1.97. The Bertz CT molecular complexity index is 661. The van der Waals surface area contributed by atoms with Crippen LogP contribution in [0.25, 0.3) is 11.0 Å². The lowest BCUT2D eigenvalue weighted by Crippen LogP contribution is -1.93. The van der Waals surface area contributed by atoms with Crippen LogP contribution < -0.4 is 0 Å². The van der Waals surface area contributed by atoms with E-state index in [2.05, 4.69) is 15.0 Å². The summed E-state index contributed by atoms with van der Waals surface area (Å²) in [6.07, 6.45) is 5.18. The third-order valence-electron chi connectivity index (χ3n) is 2.89. The smallest absolute Gasteiger partial charge is 0.151 e. The first-order valence-corrected chi connectivity index (χ1v) is 5.85. The molecule has 0 bridgehead atoms. The standard InChI is InChI=1S/C14H12FN3/c15-11-4-1-5-12-14(11)18-13(17-12)7-6-10-3-2-8-16-9-10/h1-5,8-9H,6-7H2,(H,17,18). The average Bonchev–Trinajstić information content (AvgIpc) is 2.82. The number of nitrogens with one attached hydrogen (secondary N) is 1. The Labute approximate surface area is 104 Å². The first-order chi connectivity index (χ1) is 8.83. The molecular weight excluding hydrogens is 229 g/mol. The topological polar surface area (TPSA) is 41.6 Å². The summed E-state index contributed by atoms with van der Waals surface area (Å²) in [5, 5.41) is 0. The van der Waals surface area contributed by atoms with Crippen LogP contribution >= 0.6 is 0 Å². The molecule has 4 heteroatoms. The van der Waals surface area contributed by atoms with Crippen molar-refractivity contribution >= 4 is 11.0 Å². The van der Waals surface area contributed by atoms with Crippen LogP contribution in [0.1, 0.15) is 11.4 Å². The molecule has 0 amide bonds. The second-order valence-electron chi connectivity index (χ2n) is 4.18. The van der Waals surface area contributed by atoms with E-state index in [1.807, 2.05) is 24.4 Å². The number of aromatic amines is 1. The summed E-state index contributed by atoms with van der Waals surface area (Å²) in [7, 11) is 0. The molecule has 2 aromatic heterocycles. The number of rotatable bonds is 3. The van der Waals surface area contributed by atoms with Crippen molar-refractivity contribution in [2.45, 2.75) is 12.8 Å². The molecule has 0 unspecified atom stereocenters. The van der Waals surface area contributed by atoms with Gasteiger partial charge in [0.15, 0.2) is 5.82 Å². The fourth-order valence-corrected chi connectivity index (χ4v) is 1.98. The van der Waals surface area contributed by atoms with Crippen molar-refractivity contribution in [3.8, 4) is 0 Å². The third-order valence-corrected chi connectivity index (χ3v) is 2.89. The van der Waals surface area contributed by atoms with Crippen molar-refractivity contribution in [3.63, 3.8) is 0 Å². The van der Waals surface area contributed by atoms with Gasteiger partial charge in [0, 0.05) is 18.8 Å². The van der Waals surface area contributed by atoms with E-state index in [1.54, 1.807) is 12.3 Å². The van der Waals surface area contributed by atoms with E-state index >= 15 is 0 Å². The summed E-state index contributed by atoms with van der Waals surface area (Å²) in [6, 6.07) is 8.87. The number of aryl methyl sites for hydroxylation is 2. The number of benzene rings is 1. The Kier molecular flexibility index (Phi) is 2.76. The van der Waals surface area contributed by atoms with E-state index in [-0.39, 0.29) is 5.82 Å². The zero-order valence-electron chi connectivity index (χ0n) is 9.73. The van der Waals surface area contributed by atoms with Crippen LogP contribution in [-0.2, 0) is 12.8 Å². The predicted molar refractivity (Wildman–Crippen MR) is 67.7 cm³/mol. The largest absolute Gasteiger partial charge is 0.342 e. The Hall–Kier alpha value is -2.23. The lowest BCUT2D eigenvalue weighted by atomic mass is 10.1. The van der Waals surface area contributed by atoms with Crippen molar-refractivity contribution < 1.29 is 4.39 Å². The van der Waals surface area contributed by atoms with Gasteiger partial charge in [-0.3, -0.25) is 4.98 Å². The Balaban J connectivity index is 1.81. The summed E-state index contributed by atoms with van der Waals surface area (Å²) in [6.45, 7) is 0. The van der Waals surface area contributed by atoms with Gasteiger partial charge in [-0.15, -0.1) is 0 Å². The van der Waals surface area contributed by atoms with Crippen molar-refractivity contribution in [1.82, 2.24) is 15.0 Å². The number of para-hydroxylation sites is 1. The molecule has 0 aliphatic rings. The number of imidazole rings is 1. The molecule has 0 saturated carbocycles.